The van der Waals surface area contributed by atoms with Crippen LogP contribution in [0.25, 0.3) is 0 Å². The van der Waals surface area contributed by atoms with Crippen LogP contribution >= 0.6 is 0 Å². The van der Waals surface area contributed by atoms with Crippen molar-refractivity contribution in [2.45, 2.75) is 38.5 Å². The Morgan fingerprint density at radius 1 is 1.29 bits per heavy atom. The van der Waals surface area contributed by atoms with Crippen LogP contribution in [0.4, 0.5) is 0 Å². The van der Waals surface area contributed by atoms with Crippen LogP contribution in [-0.4, -0.2) is 25.7 Å². The summed E-state index contributed by atoms with van der Waals surface area (Å²) in [6.45, 7) is 0.467. The smallest absolute Gasteiger partial charge is 0.211 e. The molecule has 3 atom stereocenters. The fraction of sp³-hybridized carbons (Fsp3) is 0.688. The fourth-order valence-corrected chi connectivity index (χ4v) is 5.42. The minimum Gasteiger partial charge on any atom is -0.264 e. The zero-order valence-electron chi connectivity index (χ0n) is 12.4. The van der Waals surface area contributed by atoms with Crippen LogP contribution in [0.15, 0.2) is 24.5 Å². The highest BCUT2D eigenvalue weighted by Crippen LogP contribution is 2.49. The third kappa shape index (κ3) is 3.83. The van der Waals surface area contributed by atoms with Gasteiger partial charge in [0.15, 0.2) is 0 Å². The van der Waals surface area contributed by atoms with Crippen molar-refractivity contribution in [3.8, 4) is 0 Å². The SMILES string of the molecule is O=S(=O)(C[C@@H]1C[C@@H]2CCCC[C@@H]21)NCCc1cccnc1. The summed E-state index contributed by atoms with van der Waals surface area (Å²) in [5, 5.41) is 0. The van der Waals surface area contributed by atoms with Gasteiger partial charge in [-0.2, -0.15) is 0 Å². The van der Waals surface area contributed by atoms with Gasteiger partial charge in [-0.15, -0.1) is 0 Å². The van der Waals surface area contributed by atoms with Gasteiger partial charge in [0, 0.05) is 18.9 Å². The molecule has 0 aliphatic heterocycles. The van der Waals surface area contributed by atoms with E-state index >= 15 is 0 Å². The fourth-order valence-electron chi connectivity index (χ4n) is 3.95. The molecule has 1 N–H and O–H groups in total. The number of nitrogens with one attached hydrogen (secondary N) is 1. The van der Waals surface area contributed by atoms with E-state index in [1.807, 2.05) is 12.1 Å². The van der Waals surface area contributed by atoms with Gasteiger partial charge in [-0.3, -0.25) is 4.98 Å². The van der Waals surface area contributed by atoms with Crippen LogP contribution in [0.5, 0.6) is 0 Å². The van der Waals surface area contributed by atoms with E-state index in [4.69, 9.17) is 0 Å². The number of pyridine rings is 1. The van der Waals surface area contributed by atoms with Gasteiger partial charge in [0.2, 0.25) is 10.0 Å². The van der Waals surface area contributed by atoms with Crippen molar-refractivity contribution >= 4 is 10.0 Å². The van der Waals surface area contributed by atoms with Crippen LogP contribution in [0.1, 0.15) is 37.7 Å². The van der Waals surface area contributed by atoms with E-state index in [0.717, 1.165) is 17.9 Å². The number of aromatic nitrogens is 1. The molecule has 2 saturated carbocycles. The van der Waals surface area contributed by atoms with Crippen LogP contribution in [0.3, 0.4) is 0 Å². The maximum atomic E-state index is 12.2. The molecule has 2 fully saturated rings. The molecule has 3 rings (SSSR count). The van der Waals surface area contributed by atoms with Crippen molar-refractivity contribution in [1.29, 1.82) is 0 Å². The number of hydrogen-bond donors (Lipinski definition) is 1. The molecule has 1 heterocycles. The Kier molecular flexibility index (Phi) is 4.60. The van der Waals surface area contributed by atoms with Gasteiger partial charge < -0.3 is 0 Å². The summed E-state index contributed by atoms with van der Waals surface area (Å²) >= 11 is 0. The first-order chi connectivity index (χ1) is 10.1. The lowest BCUT2D eigenvalue weighted by Crippen LogP contribution is -2.44. The molecule has 0 saturated heterocycles. The molecule has 0 radical (unpaired) electrons. The van der Waals surface area contributed by atoms with Crippen molar-refractivity contribution in [1.82, 2.24) is 9.71 Å². The summed E-state index contributed by atoms with van der Waals surface area (Å²) in [6.07, 6.45) is 10.5. The molecule has 0 aromatic carbocycles. The molecule has 0 amide bonds. The number of hydrogen-bond acceptors (Lipinski definition) is 3. The van der Waals surface area contributed by atoms with Crippen LogP contribution in [-0.2, 0) is 16.4 Å². The summed E-state index contributed by atoms with van der Waals surface area (Å²) in [4.78, 5) is 4.04. The normalized spacial score (nSPS) is 28.7. The minimum atomic E-state index is -3.13. The highest BCUT2D eigenvalue weighted by atomic mass is 32.2. The van der Waals surface area contributed by atoms with Crippen LogP contribution in [0, 0.1) is 17.8 Å². The zero-order chi connectivity index (χ0) is 14.7. The molecule has 5 heteroatoms. The Bertz CT molecular complexity index is 559. The first kappa shape index (κ1) is 15.0. The van der Waals surface area contributed by atoms with E-state index < -0.39 is 10.0 Å². The van der Waals surface area contributed by atoms with Crippen molar-refractivity contribution in [3.63, 3.8) is 0 Å². The van der Waals surface area contributed by atoms with Gasteiger partial charge in [0.25, 0.3) is 0 Å². The molecule has 0 spiro atoms. The first-order valence-electron chi connectivity index (χ1n) is 8.00. The van der Waals surface area contributed by atoms with E-state index in [2.05, 4.69) is 9.71 Å². The largest absolute Gasteiger partial charge is 0.264 e. The van der Waals surface area contributed by atoms with E-state index in [1.54, 1.807) is 12.4 Å². The van der Waals surface area contributed by atoms with E-state index in [-0.39, 0.29) is 0 Å². The molecule has 2 aliphatic rings. The minimum absolute atomic E-state index is 0.321. The first-order valence-corrected chi connectivity index (χ1v) is 9.65. The number of nitrogens with zero attached hydrogens (tertiary/aromatic N) is 1. The Morgan fingerprint density at radius 2 is 2.14 bits per heavy atom. The number of fused-ring (bicyclic) bond motifs is 1. The third-order valence-corrected chi connectivity index (χ3v) is 6.58. The van der Waals surface area contributed by atoms with E-state index in [1.165, 1.54) is 25.7 Å². The maximum absolute atomic E-state index is 12.2. The highest BCUT2D eigenvalue weighted by molar-refractivity contribution is 7.89. The summed E-state index contributed by atoms with van der Waals surface area (Å²) in [6, 6.07) is 3.85. The van der Waals surface area contributed by atoms with Gasteiger partial charge in [-0.1, -0.05) is 25.3 Å². The lowest BCUT2D eigenvalue weighted by molar-refractivity contribution is 0.0439. The molecular weight excluding hydrogens is 284 g/mol. The van der Waals surface area contributed by atoms with Crippen molar-refractivity contribution < 1.29 is 8.42 Å². The second-order valence-electron chi connectivity index (χ2n) is 6.49. The second kappa shape index (κ2) is 6.44. The lowest BCUT2D eigenvalue weighted by atomic mass is 9.59. The number of rotatable bonds is 6. The molecule has 2 aliphatic carbocycles. The summed E-state index contributed by atoms with van der Waals surface area (Å²) in [5.74, 6) is 2.20. The number of sulfonamides is 1. The van der Waals surface area contributed by atoms with Gasteiger partial charge in [0.1, 0.15) is 0 Å². The molecule has 116 valence electrons. The van der Waals surface area contributed by atoms with Gasteiger partial charge in [-0.05, 0) is 48.6 Å². The molecule has 0 bridgehead atoms. The second-order valence-corrected chi connectivity index (χ2v) is 8.34. The molecule has 1 aromatic heterocycles. The molecule has 21 heavy (non-hydrogen) atoms. The maximum Gasteiger partial charge on any atom is 0.211 e. The van der Waals surface area contributed by atoms with Crippen molar-refractivity contribution in [2.24, 2.45) is 17.8 Å². The van der Waals surface area contributed by atoms with Gasteiger partial charge >= 0.3 is 0 Å². The van der Waals surface area contributed by atoms with Crippen molar-refractivity contribution in [3.05, 3.63) is 30.1 Å². The average Bonchev–Trinajstić information content (AvgIpc) is 2.46. The Hall–Kier alpha value is -0.940. The molecule has 0 unspecified atom stereocenters. The lowest BCUT2D eigenvalue weighted by Gasteiger charge is -2.47. The Labute approximate surface area is 127 Å². The molecule has 4 nitrogen and oxygen atoms in total. The van der Waals surface area contributed by atoms with Crippen LogP contribution in [0.2, 0.25) is 0 Å². The average molecular weight is 308 g/mol. The Balaban J connectivity index is 1.44. The predicted molar refractivity (Wildman–Crippen MR) is 83.3 cm³/mol. The Morgan fingerprint density at radius 3 is 2.90 bits per heavy atom. The third-order valence-electron chi connectivity index (χ3n) is 5.07. The molecule has 1 aromatic rings. The predicted octanol–water partition coefficient (Wildman–Crippen LogP) is 2.37. The summed E-state index contributed by atoms with van der Waals surface area (Å²) in [7, 11) is -3.13. The van der Waals surface area contributed by atoms with Gasteiger partial charge in [0.05, 0.1) is 5.75 Å². The quantitative estimate of drug-likeness (QED) is 0.877. The highest BCUT2D eigenvalue weighted by Gasteiger charge is 2.43. The standard InChI is InChI=1S/C16H24N2O2S/c19-21(20,18-9-7-13-4-3-8-17-11-13)12-15-10-14-5-1-2-6-16(14)15/h3-4,8,11,14-16,18H,1-2,5-7,9-10,12H2/t14-,15-,16-/m0/s1. The van der Waals surface area contributed by atoms with Crippen LogP contribution < -0.4 is 4.72 Å². The molecular formula is C16H24N2O2S. The van der Waals surface area contributed by atoms with E-state index in [9.17, 15) is 8.42 Å². The van der Waals surface area contributed by atoms with Crippen molar-refractivity contribution in [2.75, 3.05) is 12.3 Å². The topological polar surface area (TPSA) is 59.1 Å². The zero-order valence-corrected chi connectivity index (χ0v) is 13.2. The van der Waals surface area contributed by atoms with Gasteiger partial charge in [-0.25, -0.2) is 13.1 Å². The summed E-state index contributed by atoms with van der Waals surface area (Å²) in [5.41, 5.74) is 1.07. The monoisotopic (exact) mass is 308 g/mol. The van der Waals surface area contributed by atoms with E-state index in [0.29, 0.717) is 30.6 Å². The summed E-state index contributed by atoms with van der Waals surface area (Å²) < 4.78 is 27.1.